The van der Waals surface area contributed by atoms with Crippen LogP contribution in [0, 0.1) is 0 Å². The lowest BCUT2D eigenvalue weighted by molar-refractivity contribution is -0.139. The van der Waals surface area contributed by atoms with Crippen molar-refractivity contribution in [3.8, 4) is 0 Å². The molecule has 2 aliphatic rings. The Labute approximate surface area is 156 Å². The minimum Gasteiger partial charge on any atom is -0.466 e. The highest BCUT2D eigenvalue weighted by Gasteiger charge is 2.63. The van der Waals surface area contributed by atoms with Gasteiger partial charge in [0.15, 0.2) is 0 Å². The van der Waals surface area contributed by atoms with Gasteiger partial charge in [-0.3, -0.25) is 0 Å². The molecule has 5 heteroatoms. The Bertz CT molecular complexity index is 883. The summed E-state index contributed by atoms with van der Waals surface area (Å²) in [6.45, 7) is 0. The van der Waals surface area contributed by atoms with Crippen molar-refractivity contribution in [3.63, 3.8) is 0 Å². The number of hydrogen-bond acceptors (Lipinski definition) is 5. The lowest BCUT2D eigenvalue weighted by Gasteiger charge is -2.28. The maximum absolute atomic E-state index is 12.8. The molecule has 0 fully saturated rings. The van der Waals surface area contributed by atoms with Crippen LogP contribution in [0.2, 0.25) is 0 Å². The van der Waals surface area contributed by atoms with Crippen molar-refractivity contribution in [2.75, 3.05) is 14.2 Å². The first-order valence-corrected chi connectivity index (χ1v) is 8.52. The fourth-order valence-electron chi connectivity index (χ4n) is 3.88. The second-order valence-corrected chi connectivity index (χ2v) is 6.37. The first kappa shape index (κ1) is 17.2. The number of ether oxygens (including phenoxy) is 3. The normalized spacial score (nSPS) is 25.6. The van der Waals surface area contributed by atoms with E-state index in [1.54, 1.807) is 0 Å². The van der Waals surface area contributed by atoms with E-state index in [0.717, 1.165) is 11.1 Å². The molecule has 136 valence electrons. The molecular formula is C22H18O5. The molecule has 27 heavy (non-hydrogen) atoms. The van der Waals surface area contributed by atoms with E-state index in [1.165, 1.54) is 14.2 Å². The molecule has 0 unspecified atom stereocenters. The highest BCUT2D eigenvalue weighted by Crippen LogP contribution is 2.59. The van der Waals surface area contributed by atoms with Crippen LogP contribution in [0.4, 0.5) is 0 Å². The summed E-state index contributed by atoms with van der Waals surface area (Å²) in [5.41, 5.74) is -0.665. The quantitative estimate of drug-likeness (QED) is 0.618. The van der Waals surface area contributed by atoms with Gasteiger partial charge in [-0.2, -0.15) is 0 Å². The molecule has 2 heterocycles. The van der Waals surface area contributed by atoms with Crippen LogP contribution in [0.1, 0.15) is 11.1 Å². The molecule has 0 spiro atoms. The van der Waals surface area contributed by atoms with Gasteiger partial charge in [-0.25, -0.2) is 9.59 Å². The molecule has 2 aromatic rings. The molecule has 2 atom stereocenters. The number of benzene rings is 2. The Morgan fingerprint density at radius 2 is 1.07 bits per heavy atom. The Morgan fingerprint density at radius 3 is 1.41 bits per heavy atom. The molecule has 2 bridgehead atoms. The number of carbonyl (C=O) groups excluding carboxylic acids is 2. The molecule has 0 N–H and O–H groups in total. The summed E-state index contributed by atoms with van der Waals surface area (Å²) in [5, 5.41) is 0. The average Bonchev–Trinajstić information content (AvgIpc) is 3.28. The Balaban J connectivity index is 2.04. The largest absolute Gasteiger partial charge is 0.466 e. The summed E-state index contributed by atoms with van der Waals surface area (Å²) >= 11 is 0. The molecule has 2 aliphatic heterocycles. The second kappa shape index (κ2) is 6.21. The summed E-state index contributed by atoms with van der Waals surface area (Å²) < 4.78 is 16.5. The van der Waals surface area contributed by atoms with E-state index in [2.05, 4.69) is 0 Å². The number of rotatable bonds is 4. The summed E-state index contributed by atoms with van der Waals surface area (Å²) in [6, 6.07) is 18.6. The van der Waals surface area contributed by atoms with Gasteiger partial charge in [0.1, 0.15) is 11.2 Å². The zero-order chi connectivity index (χ0) is 19.1. The van der Waals surface area contributed by atoms with E-state index in [9.17, 15) is 9.59 Å². The fraction of sp³-hybridized carbons (Fsp3) is 0.182. The molecule has 5 nitrogen and oxygen atoms in total. The van der Waals surface area contributed by atoms with E-state index < -0.39 is 23.1 Å². The third-order valence-corrected chi connectivity index (χ3v) is 5.05. The Morgan fingerprint density at radius 1 is 0.704 bits per heavy atom. The van der Waals surface area contributed by atoms with Gasteiger partial charge in [0.05, 0.1) is 25.4 Å². The van der Waals surface area contributed by atoms with Crippen LogP contribution in [0.25, 0.3) is 0 Å². The van der Waals surface area contributed by atoms with Crippen LogP contribution < -0.4 is 0 Å². The first-order valence-electron chi connectivity index (χ1n) is 8.52. The van der Waals surface area contributed by atoms with Crippen LogP contribution in [-0.4, -0.2) is 26.2 Å². The van der Waals surface area contributed by atoms with Gasteiger partial charge in [0.2, 0.25) is 0 Å². The van der Waals surface area contributed by atoms with Crippen LogP contribution >= 0.6 is 0 Å². The van der Waals surface area contributed by atoms with Crippen LogP contribution in [0.5, 0.6) is 0 Å². The molecule has 0 aromatic heterocycles. The lowest BCUT2D eigenvalue weighted by atomic mass is 9.76. The van der Waals surface area contributed by atoms with E-state index in [4.69, 9.17) is 14.2 Å². The summed E-state index contributed by atoms with van der Waals surface area (Å²) in [7, 11) is 2.57. The Hall–Kier alpha value is -3.18. The van der Waals surface area contributed by atoms with Gasteiger partial charge in [-0.15, -0.1) is 0 Å². The van der Waals surface area contributed by atoms with Gasteiger partial charge in [-0.1, -0.05) is 60.7 Å². The number of hydrogen-bond donors (Lipinski definition) is 0. The minimum atomic E-state index is -1.21. The monoisotopic (exact) mass is 362 g/mol. The van der Waals surface area contributed by atoms with Crippen molar-refractivity contribution in [2.45, 2.75) is 11.2 Å². The minimum absolute atomic E-state index is 0.148. The molecule has 4 rings (SSSR count). The van der Waals surface area contributed by atoms with Gasteiger partial charge >= 0.3 is 11.9 Å². The second-order valence-electron chi connectivity index (χ2n) is 6.37. The molecule has 0 saturated carbocycles. The van der Waals surface area contributed by atoms with Gasteiger partial charge in [0.25, 0.3) is 0 Å². The highest BCUT2D eigenvalue weighted by molar-refractivity contribution is 6.06. The van der Waals surface area contributed by atoms with Crippen LogP contribution in [0.3, 0.4) is 0 Å². The van der Waals surface area contributed by atoms with Gasteiger partial charge in [0, 0.05) is 0 Å². The highest BCUT2D eigenvalue weighted by atomic mass is 16.6. The topological polar surface area (TPSA) is 61.8 Å². The van der Waals surface area contributed by atoms with E-state index in [-0.39, 0.29) is 11.1 Å². The SMILES string of the molecule is COC(=O)C1=C(C(=O)OC)[C@@]2(c3ccccc3)C=C[C@@]1(c1ccccc1)O2. The molecule has 0 saturated heterocycles. The molecule has 0 amide bonds. The van der Waals surface area contributed by atoms with Crippen LogP contribution in [0.15, 0.2) is 84.0 Å². The van der Waals surface area contributed by atoms with E-state index in [0.29, 0.717) is 0 Å². The van der Waals surface area contributed by atoms with Crippen molar-refractivity contribution in [2.24, 2.45) is 0 Å². The fourth-order valence-corrected chi connectivity index (χ4v) is 3.88. The van der Waals surface area contributed by atoms with E-state index in [1.807, 2.05) is 72.8 Å². The zero-order valence-electron chi connectivity index (χ0n) is 15.0. The maximum atomic E-state index is 12.8. The standard InChI is InChI=1S/C22H18O5/c1-25-19(23)17-18(20(24)26-2)22(16-11-7-4-8-12-16)14-13-21(17,27-22)15-9-5-3-6-10-15/h3-14H,1-2H3/t21-,22-/m0/s1. The molecular weight excluding hydrogens is 344 g/mol. The molecule has 2 aromatic carbocycles. The van der Waals surface area contributed by atoms with Crippen molar-refractivity contribution in [3.05, 3.63) is 95.1 Å². The summed E-state index contributed by atoms with van der Waals surface area (Å²) in [5.74, 6) is -1.25. The smallest absolute Gasteiger partial charge is 0.338 e. The number of methoxy groups -OCH3 is 2. The zero-order valence-corrected chi connectivity index (χ0v) is 15.0. The average molecular weight is 362 g/mol. The third-order valence-electron chi connectivity index (χ3n) is 5.05. The summed E-state index contributed by atoms with van der Waals surface area (Å²) in [4.78, 5) is 25.6. The summed E-state index contributed by atoms with van der Waals surface area (Å²) in [6.07, 6.45) is 3.63. The number of fused-ring (bicyclic) bond motifs is 2. The predicted octanol–water partition coefficient (Wildman–Crippen LogP) is 3.02. The number of carbonyl (C=O) groups is 2. The van der Waals surface area contributed by atoms with Gasteiger partial charge in [-0.05, 0) is 23.3 Å². The van der Waals surface area contributed by atoms with E-state index >= 15 is 0 Å². The van der Waals surface area contributed by atoms with Crippen LogP contribution in [-0.2, 0) is 35.0 Å². The molecule has 0 aliphatic carbocycles. The third kappa shape index (κ3) is 2.28. The Kier molecular flexibility index (Phi) is 3.97. The lowest BCUT2D eigenvalue weighted by Crippen LogP contribution is -2.30. The van der Waals surface area contributed by atoms with Crippen molar-refractivity contribution >= 4 is 11.9 Å². The van der Waals surface area contributed by atoms with Crippen molar-refractivity contribution in [1.82, 2.24) is 0 Å². The van der Waals surface area contributed by atoms with Crippen molar-refractivity contribution < 1.29 is 23.8 Å². The number of esters is 2. The predicted molar refractivity (Wildman–Crippen MR) is 97.5 cm³/mol. The van der Waals surface area contributed by atoms with Gasteiger partial charge < -0.3 is 14.2 Å². The molecule has 0 radical (unpaired) electrons. The maximum Gasteiger partial charge on any atom is 0.338 e. The first-order chi connectivity index (χ1) is 13.1. The van der Waals surface area contributed by atoms with Crippen molar-refractivity contribution in [1.29, 1.82) is 0 Å².